The maximum absolute atomic E-state index is 14.5. The molecule has 0 aliphatic carbocycles. The Balaban J connectivity index is 1.93. The predicted molar refractivity (Wildman–Crippen MR) is 101 cm³/mol. The van der Waals surface area contributed by atoms with E-state index in [0.29, 0.717) is 11.6 Å². The highest BCUT2D eigenvalue weighted by atomic mass is 19.1. The van der Waals surface area contributed by atoms with Crippen molar-refractivity contribution >= 4 is 0 Å². The summed E-state index contributed by atoms with van der Waals surface area (Å²) < 4.78 is 14.5. The van der Waals surface area contributed by atoms with Crippen LogP contribution in [0.25, 0.3) is 34.2 Å². The van der Waals surface area contributed by atoms with Crippen molar-refractivity contribution in [3.05, 3.63) is 90.2 Å². The number of rotatable bonds is 3. The number of nitrogens with zero attached hydrogens (tertiary/aromatic N) is 4. The Hall–Kier alpha value is -3.91. The van der Waals surface area contributed by atoms with Crippen LogP contribution in [0.2, 0.25) is 0 Å². The van der Waals surface area contributed by atoms with Gasteiger partial charge in [0, 0.05) is 11.1 Å². The molecule has 0 radical (unpaired) electrons. The molecule has 1 heterocycles. The van der Waals surface area contributed by atoms with Crippen molar-refractivity contribution in [2.24, 2.45) is 0 Å². The lowest BCUT2D eigenvalue weighted by atomic mass is 10.1. The second-order valence-electron chi connectivity index (χ2n) is 5.84. The van der Waals surface area contributed by atoms with Gasteiger partial charge in [-0.1, -0.05) is 60.7 Å². The number of hydrogen-bond donors (Lipinski definition) is 0. The van der Waals surface area contributed by atoms with E-state index in [1.165, 1.54) is 12.1 Å². The lowest BCUT2D eigenvalue weighted by molar-refractivity contribution is 0.629. The molecule has 4 rings (SSSR count). The van der Waals surface area contributed by atoms with Crippen molar-refractivity contribution in [2.45, 2.75) is 0 Å². The Morgan fingerprint density at radius 3 is 1.67 bits per heavy atom. The second kappa shape index (κ2) is 7.14. The molecule has 4 nitrogen and oxygen atoms in total. The van der Waals surface area contributed by atoms with Crippen LogP contribution in [0.4, 0.5) is 4.39 Å². The molecule has 1 aromatic heterocycles. The molecule has 0 amide bonds. The molecule has 4 aromatic rings. The monoisotopic (exact) mass is 352 g/mol. The Morgan fingerprint density at radius 2 is 1.19 bits per heavy atom. The van der Waals surface area contributed by atoms with Gasteiger partial charge in [-0.2, -0.15) is 5.26 Å². The molecular formula is C22H13FN4. The Labute approximate surface area is 155 Å². The SMILES string of the molecule is N#Cc1ccc(-c2nc(-c3ccccc3)nc(-c3ccccc3)n2)c(F)c1. The summed E-state index contributed by atoms with van der Waals surface area (Å²) in [7, 11) is 0. The zero-order valence-electron chi connectivity index (χ0n) is 14.2. The molecule has 128 valence electrons. The topological polar surface area (TPSA) is 62.5 Å². The molecule has 5 heteroatoms. The fourth-order valence-electron chi connectivity index (χ4n) is 2.70. The van der Waals surface area contributed by atoms with Gasteiger partial charge in [-0.15, -0.1) is 0 Å². The molecule has 0 aliphatic heterocycles. The number of benzene rings is 3. The van der Waals surface area contributed by atoms with Crippen LogP contribution in [-0.4, -0.2) is 15.0 Å². The molecule has 0 fully saturated rings. The van der Waals surface area contributed by atoms with Gasteiger partial charge in [-0.3, -0.25) is 0 Å². The van der Waals surface area contributed by atoms with Crippen molar-refractivity contribution in [1.29, 1.82) is 5.26 Å². The minimum atomic E-state index is -0.543. The highest BCUT2D eigenvalue weighted by Gasteiger charge is 2.15. The molecule has 3 aromatic carbocycles. The van der Waals surface area contributed by atoms with Gasteiger partial charge in [0.05, 0.1) is 17.2 Å². The summed E-state index contributed by atoms with van der Waals surface area (Å²) in [6.45, 7) is 0. The average molecular weight is 352 g/mol. The predicted octanol–water partition coefficient (Wildman–Crippen LogP) is 4.88. The number of halogens is 1. The van der Waals surface area contributed by atoms with E-state index in [0.717, 1.165) is 11.1 Å². The van der Waals surface area contributed by atoms with E-state index in [2.05, 4.69) is 15.0 Å². The lowest BCUT2D eigenvalue weighted by Gasteiger charge is -2.09. The number of aromatic nitrogens is 3. The van der Waals surface area contributed by atoms with Crippen molar-refractivity contribution < 1.29 is 4.39 Å². The Kier molecular flexibility index (Phi) is 4.38. The summed E-state index contributed by atoms with van der Waals surface area (Å²) in [5, 5.41) is 8.95. The maximum atomic E-state index is 14.5. The molecule has 0 atom stereocenters. The molecule has 27 heavy (non-hydrogen) atoms. The van der Waals surface area contributed by atoms with E-state index in [4.69, 9.17) is 5.26 Å². The van der Waals surface area contributed by atoms with Gasteiger partial charge in [0.1, 0.15) is 5.82 Å². The smallest absolute Gasteiger partial charge is 0.167 e. The van der Waals surface area contributed by atoms with E-state index < -0.39 is 5.82 Å². The highest BCUT2D eigenvalue weighted by molar-refractivity contribution is 5.66. The van der Waals surface area contributed by atoms with E-state index in [1.807, 2.05) is 66.7 Å². The third-order valence-electron chi connectivity index (χ3n) is 4.04. The normalized spacial score (nSPS) is 10.4. The van der Waals surface area contributed by atoms with Gasteiger partial charge in [-0.25, -0.2) is 19.3 Å². The third kappa shape index (κ3) is 3.42. The van der Waals surface area contributed by atoms with Crippen LogP contribution in [0.1, 0.15) is 5.56 Å². The van der Waals surface area contributed by atoms with Crippen LogP contribution in [0.15, 0.2) is 78.9 Å². The van der Waals surface area contributed by atoms with Gasteiger partial charge in [0.25, 0.3) is 0 Å². The van der Waals surface area contributed by atoms with Crippen molar-refractivity contribution in [3.8, 4) is 40.2 Å². The number of hydrogen-bond acceptors (Lipinski definition) is 4. The quantitative estimate of drug-likeness (QED) is 0.527. The molecule has 0 spiro atoms. The molecule has 0 N–H and O–H groups in total. The van der Waals surface area contributed by atoms with E-state index >= 15 is 0 Å². The summed E-state index contributed by atoms with van der Waals surface area (Å²) in [6, 6.07) is 25.1. The molecule has 0 bridgehead atoms. The van der Waals surface area contributed by atoms with E-state index in [9.17, 15) is 4.39 Å². The molecule has 0 saturated carbocycles. The van der Waals surface area contributed by atoms with E-state index in [1.54, 1.807) is 6.07 Å². The fraction of sp³-hybridized carbons (Fsp3) is 0. The van der Waals surface area contributed by atoms with Crippen LogP contribution in [0.5, 0.6) is 0 Å². The summed E-state index contributed by atoms with van der Waals surface area (Å²) in [4.78, 5) is 13.5. The second-order valence-corrected chi connectivity index (χ2v) is 5.84. The van der Waals surface area contributed by atoms with Crippen LogP contribution in [0, 0.1) is 17.1 Å². The lowest BCUT2D eigenvalue weighted by Crippen LogP contribution is -2.01. The molecule has 0 saturated heterocycles. The summed E-state index contributed by atoms with van der Waals surface area (Å²) in [5.74, 6) is 0.606. The van der Waals surface area contributed by atoms with Crippen LogP contribution >= 0.6 is 0 Å². The van der Waals surface area contributed by atoms with Crippen LogP contribution < -0.4 is 0 Å². The Morgan fingerprint density at radius 1 is 0.667 bits per heavy atom. The van der Waals surface area contributed by atoms with Gasteiger partial charge < -0.3 is 0 Å². The fourth-order valence-corrected chi connectivity index (χ4v) is 2.70. The standard InChI is InChI=1S/C22H13FN4/c23-19-13-15(14-24)11-12-18(19)22-26-20(16-7-3-1-4-8-16)25-21(27-22)17-9-5-2-6-10-17/h1-13H. The highest BCUT2D eigenvalue weighted by Crippen LogP contribution is 2.26. The molecule has 0 aliphatic rings. The number of nitriles is 1. The summed E-state index contributed by atoms with van der Waals surface area (Å²) >= 11 is 0. The zero-order valence-corrected chi connectivity index (χ0v) is 14.2. The van der Waals surface area contributed by atoms with Gasteiger partial charge >= 0.3 is 0 Å². The largest absolute Gasteiger partial charge is 0.208 e. The third-order valence-corrected chi connectivity index (χ3v) is 4.04. The minimum Gasteiger partial charge on any atom is -0.208 e. The van der Waals surface area contributed by atoms with E-state index in [-0.39, 0.29) is 17.0 Å². The van der Waals surface area contributed by atoms with Gasteiger partial charge in [0.15, 0.2) is 17.5 Å². The first-order chi connectivity index (χ1) is 13.2. The first-order valence-electron chi connectivity index (χ1n) is 8.31. The molecule has 0 unspecified atom stereocenters. The van der Waals surface area contributed by atoms with Crippen LogP contribution in [-0.2, 0) is 0 Å². The first-order valence-corrected chi connectivity index (χ1v) is 8.31. The van der Waals surface area contributed by atoms with Gasteiger partial charge in [0.2, 0.25) is 0 Å². The average Bonchev–Trinajstić information content (AvgIpc) is 2.74. The molecular weight excluding hydrogens is 339 g/mol. The van der Waals surface area contributed by atoms with Crippen molar-refractivity contribution in [1.82, 2.24) is 15.0 Å². The zero-order chi connectivity index (χ0) is 18.6. The van der Waals surface area contributed by atoms with Crippen molar-refractivity contribution in [3.63, 3.8) is 0 Å². The van der Waals surface area contributed by atoms with Gasteiger partial charge in [-0.05, 0) is 18.2 Å². The Bertz CT molecular complexity index is 1080. The first kappa shape index (κ1) is 16.6. The minimum absolute atomic E-state index is 0.227. The summed E-state index contributed by atoms with van der Waals surface area (Å²) in [6.07, 6.45) is 0. The maximum Gasteiger partial charge on any atom is 0.167 e. The van der Waals surface area contributed by atoms with Crippen LogP contribution in [0.3, 0.4) is 0 Å². The van der Waals surface area contributed by atoms with Crippen molar-refractivity contribution in [2.75, 3.05) is 0 Å². The summed E-state index contributed by atoms with van der Waals surface area (Å²) in [5.41, 5.74) is 2.10.